The van der Waals surface area contributed by atoms with Crippen LogP contribution < -0.4 is 15.5 Å². The van der Waals surface area contributed by atoms with E-state index in [1.807, 2.05) is 85.8 Å². The molecule has 0 saturated heterocycles. The summed E-state index contributed by atoms with van der Waals surface area (Å²) < 4.78 is 5.51. The highest BCUT2D eigenvalue weighted by Crippen LogP contribution is 2.12. The quantitative estimate of drug-likeness (QED) is 0.484. The molecule has 0 aliphatic heterocycles. The van der Waals surface area contributed by atoms with Crippen LogP contribution in [0.2, 0.25) is 0 Å². The van der Waals surface area contributed by atoms with Gasteiger partial charge in [-0.15, -0.1) is 0 Å². The number of nitrogens with zero attached hydrogens (tertiary/aromatic N) is 1. The van der Waals surface area contributed by atoms with Gasteiger partial charge in [-0.1, -0.05) is 35.9 Å². The average molecular weight is 359 g/mol. The fourth-order valence-corrected chi connectivity index (χ4v) is 2.33. The van der Waals surface area contributed by atoms with E-state index in [0.29, 0.717) is 5.75 Å². The molecule has 5 nitrogen and oxygen atoms in total. The van der Waals surface area contributed by atoms with E-state index < -0.39 is 0 Å². The van der Waals surface area contributed by atoms with Crippen molar-refractivity contribution in [2.24, 2.45) is 5.10 Å². The van der Waals surface area contributed by atoms with Crippen molar-refractivity contribution in [3.8, 4) is 5.75 Å². The fraction of sp³-hybridized carbons (Fsp3) is 0.0909. The molecule has 0 spiro atoms. The number of anilines is 2. The van der Waals surface area contributed by atoms with Gasteiger partial charge >= 0.3 is 0 Å². The van der Waals surface area contributed by atoms with Crippen LogP contribution in [0.3, 0.4) is 0 Å². The summed E-state index contributed by atoms with van der Waals surface area (Å²) in [5.74, 6) is 0.427. The minimum atomic E-state index is -0.200. The third-order valence-electron chi connectivity index (χ3n) is 3.77. The predicted octanol–water partition coefficient (Wildman–Crippen LogP) is 4.46. The molecule has 0 aliphatic carbocycles. The number of rotatable bonds is 7. The summed E-state index contributed by atoms with van der Waals surface area (Å²) in [6, 6.07) is 24.7. The summed E-state index contributed by atoms with van der Waals surface area (Å²) in [4.78, 5) is 11.9. The van der Waals surface area contributed by atoms with Gasteiger partial charge in [0.1, 0.15) is 5.75 Å². The van der Waals surface area contributed by atoms with Crippen molar-refractivity contribution in [3.63, 3.8) is 0 Å². The Morgan fingerprint density at radius 3 is 2.33 bits per heavy atom. The lowest BCUT2D eigenvalue weighted by molar-refractivity contribution is -0.118. The van der Waals surface area contributed by atoms with E-state index in [-0.39, 0.29) is 12.5 Å². The van der Waals surface area contributed by atoms with Gasteiger partial charge in [-0.3, -0.25) is 10.2 Å². The third-order valence-corrected chi connectivity index (χ3v) is 3.77. The first-order valence-corrected chi connectivity index (χ1v) is 8.62. The molecule has 3 aromatic rings. The van der Waals surface area contributed by atoms with Crippen LogP contribution in [0.15, 0.2) is 84.0 Å². The number of hydrogen-bond donors (Lipinski definition) is 2. The Labute approximate surface area is 158 Å². The van der Waals surface area contributed by atoms with Crippen molar-refractivity contribution in [1.29, 1.82) is 0 Å². The molecule has 0 saturated carbocycles. The second-order valence-electron chi connectivity index (χ2n) is 6.01. The first kappa shape index (κ1) is 18.2. The Hall–Kier alpha value is -3.60. The summed E-state index contributed by atoms with van der Waals surface area (Å²) in [6.07, 6.45) is 1.73. The number of carbonyl (C=O) groups excluding carboxylic acids is 1. The molecule has 0 aliphatic rings. The van der Waals surface area contributed by atoms with Gasteiger partial charge in [-0.2, -0.15) is 5.10 Å². The zero-order valence-electron chi connectivity index (χ0n) is 15.1. The molecule has 0 atom stereocenters. The average Bonchev–Trinajstić information content (AvgIpc) is 2.70. The Morgan fingerprint density at radius 2 is 1.63 bits per heavy atom. The minimum Gasteiger partial charge on any atom is -0.484 e. The van der Waals surface area contributed by atoms with Crippen LogP contribution in [0.1, 0.15) is 11.1 Å². The number of hydrazone groups is 1. The number of amides is 1. The molecular formula is C22H21N3O2. The van der Waals surface area contributed by atoms with Crippen LogP contribution in [0.25, 0.3) is 0 Å². The SMILES string of the molecule is Cc1ccc(NN=Cc2ccc(OCC(=O)Nc3ccccc3)cc2)cc1. The topological polar surface area (TPSA) is 62.7 Å². The Morgan fingerprint density at radius 1 is 0.926 bits per heavy atom. The van der Waals surface area contributed by atoms with E-state index in [2.05, 4.69) is 15.8 Å². The molecular weight excluding hydrogens is 338 g/mol. The molecule has 0 heterocycles. The molecule has 0 fully saturated rings. The normalized spacial score (nSPS) is 10.6. The summed E-state index contributed by atoms with van der Waals surface area (Å²) in [5, 5.41) is 6.99. The van der Waals surface area contributed by atoms with Crippen molar-refractivity contribution in [2.45, 2.75) is 6.92 Å². The Kier molecular flexibility index (Phi) is 6.20. The smallest absolute Gasteiger partial charge is 0.262 e. The second-order valence-corrected chi connectivity index (χ2v) is 6.01. The van der Waals surface area contributed by atoms with Gasteiger partial charge < -0.3 is 10.1 Å². The number of nitrogens with one attached hydrogen (secondary N) is 2. The Balaban J connectivity index is 1.46. The van der Waals surface area contributed by atoms with Gasteiger partial charge in [-0.05, 0) is 61.0 Å². The molecule has 0 aromatic heterocycles. The van der Waals surface area contributed by atoms with Gasteiger partial charge in [0, 0.05) is 5.69 Å². The van der Waals surface area contributed by atoms with Gasteiger partial charge in [0.05, 0.1) is 11.9 Å². The van der Waals surface area contributed by atoms with E-state index in [4.69, 9.17) is 4.74 Å². The Bertz CT molecular complexity index is 889. The lowest BCUT2D eigenvalue weighted by atomic mass is 10.2. The first-order chi connectivity index (χ1) is 13.2. The van der Waals surface area contributed by atoms with E-state index in [0.717, 1.165) is 16.9 Å². The highest BCUT2D eigenvalue weighted by molar-refractivity contribution is 5.91. The molecule has 136 valence electrons. The van der Waals surface area contributed by atoms with Crippen LogP contribution in [0, 0.1) is 6.92 Å². The van der Waals surface area contributed by atoms with Crippen molar-refractivity contribution in [1.82, 2.24) is 0 Å². The van der Waals surface area contributed by atoms with E-state index in [1.54, 1.807) is 6.21 Å². The van der Waals surface area contributed by atoms with Crippen LogP contribution in [0.5, 0.6) is 5.75 Å². The molecule has 5 heteroatoms. The molecule has 0 radical (unpaired) electrons. The number of hydrogen-bond acceptors (Lipinski definition) is 4. The number of para-hydroxylation sites is 1. The highest BCUT2D eigenvalue weighted by Gasteiger charge is 2.03. The maximum Gasteiger partial charge on any atom is 0.262 e. The number of benzene rings is 3. The molecule has 3 aromatic carbocycles. The van der Waals surface area contributed by atoms with Crippen LogP contribution >= 0.6 is 0 Å². The summed E-state index contributed by atoms with van der Waals surface area (Å²) in [5.41, 5.74) is 6.80. The zero-order chi connectivity index (χ0) is 18.9. The monoisotopic (exact) mass is 359 g/mol. The number of aryl methyl sites for hydroxylation is 1. The molecule has 27 heavy (non-hydrogen) atoms. The molecule has 0 bridgehead atoms. The van der Waals surface area contributed by atoms with Crippen LogP contribution in [-0.2, 0) is 4.79 Å². The molecule has 2 N–H and O–H groups in total. The predicted molar refractivity (Wildman–Crippen MR) is 109 cm³/mol. The van der Waals surface area contributed by atoms with Crippen molar-refractivity contribution < 1.29 is 9.53 Å². The lowest BCUT2D eigenvalue weighted by Gasteiger charge is -2.07. The van der Waals surface area contributed by atoms with E-state index in [9.17, 15) is 4.79 Å². The number of ether oxygens (including phenoxy) is 1. The van der Waals surface area contributed by atoms with Crippen molar-refractivity contribution in [2.75, 3.05) is 17.3 Å². The maximum atomic E-state index is 11.9. The molecule has 1 amide bonds. The summed E-state index contributed by atoms with van der Waals surface area (Å²) >= 11 is 0. The van der Waals surface area contributed by atoms with Crippen LogP contribution in [-0.4, -0.2) is 18.7 Å². The van der Waals surface area contributed by atoms with Crippen LogP contribution in [0.4, 0.5) is 11.4 Å². The third kappa shape index (κ3) is 6.01. The summed E-state index contributed by atoms with van der Waals surface area (Å²) in [6.45, 7) is 2.00. The fourth-order valence-electron chi connectivity index (χ4n) is 2.33. The van der Waals surface area contributed by atoms with Crippen molar-refractivity contribution in [3.05, 3.63) is 90.0 Å². The van der Waals surface area contributed by atoms with Crippen molar-refractivity contribution >= 4 is 23.5 Å². The lowest BCUT2D eigenvalue weighted by Crippen LogP contribution is -2.20. The standard InChI is InChI=1S/C22H21N3O2/c1-17-7-11-20(12-8-17)25-23-15-18-9-13-21(14-10-18)27-16-22(26)24-19-5-3-2-4-6-19/h2-15,25H,16H2,1H3,(H,24,26). The summed E-state index contributed by atoms with van der Waals surface area (Å²) in [7, 11) is 0. The first-order valence-electron chi connectivity index (χ1n) is 8.62. The second kappa shape index (κ2) is 9.20. The minimum absolute atomic E-state index is 0.0443. The molecule has 0 unspecified atom stereocenters. The van der Waals surface area contributed by atoms with Gasteiger partial charge in [0.25, 0.3) is 5.91 Å². The van der Waals surface area contributed by atoms with E-state index >= 15 is 0 Å². The maximum absolute atomic E-state index is 11.9. The largest absolute Gasteiger partial charge is 0.484 e. The van der Waals surface area contributed by atoms with Gasteiger partial charge in [0.15, 0.2) is 6.61 Å². The molecule has 3 rings (SSSR count). The van der Waals surface area contributed by atoms with Gasteiger partial charge in [-0.25, -0.2) is 0 Å². The van der Waals surface area contributed by atoms with E-state index in [1.165, 1.54) is 5.56 Å². The van der Waals surface area contributed by atoms with Gasteiger partial charge in [0.2, 0.25) is 0 Å². The number of carbonyl (C=O) groups is 1. The zero-order valence-corrected chi connectivity index (χ0v) is 15.1. The highest BCUT2D eigenvalue weighted by atomic mass is 16.5.